The normalized spacial score (nSPS) is 13.3. The van der Waals surface area contributed by atoms with E-state index >= 15 is 0 Å². The van der Waals surface area contributed by atoms with Crippen LogP contribution in [0.25, 0.3) is 0 Å². The van der Waals surface area contributed by atoms with Gasteiger partial charge in [0.25, 0.3) is 0 Å². The molecule has 0 aliphatic carbocycles. The number of hydrogen-bond acceptors (Lipinski definition) is 3. The molecule has 1 aromatic rings. The number of halogens is 1. The molecule has 2 rings (SSSR count). The highest BCUT2D eigenvalue weighted by atomic mass is 19.1. The van der Waals surface area contributed by atoms with E-state index in [9.17, 15) is 4.39 Å². The Hall–Kier alpha value is -1.63. The van der Waals surface area contributed by atoms with Crippen LogP contribution in [0, 0.1) is 17.1 Å². The van der Waals surface area contributed by atoms with Crippen LogP contribution in [-0.2, 0) is 6.42 Å². The van der Waals surface area contributed by atoms with Crippen LogP contribution in [0.1, 0.15) is 11.3 Å². The first kappa shape index (κ1) is 7.04. The van der Waals surface area contributed by atoms with Crippen molar-refractivity contribution >= 4 is 0 Å². The number of fused-ring (bicyclic) bond motifs is 1. The number of rotatable bonds is 0. The van der Waals surface area contributed by atoms with Gasteiger partial charge in [-0.25, -0.2) is 4.39 Å². The molecule has 0 saturated heterocycles. The van der Waals surface area contributed by atoms with Gasteiger partial charge in [-0.05, 0) is 6.07 Å². The third-order valence-electron chi connectivity index (χ3n) is 1.73. The summed E-state index contributed by atoms with van der Waals surface area (Å²) in [5.74, 6) is -0.172. The summed E-state index contributed by atoms with van der Waals surface area (Å²) in [7, 11) is 0. The molecule has 0 spiro atoms. The lowest BCUT2D eigenvalue weighted by Crippen LogP contribution is -1.93. The van der Waals surface area contributed by atoms with E-state index in [0.717, 1.165) is 5.56 Å². The third-order valence-corrected chi connectivity index (χ3v) is 1.73. The molecule has 1 aliphatic rings. The maximum Gasteiger partial charge on any atom is 0.218 e. The zero-order valence-corrected chi connectivity index (χ0v) is 6.17. The molecule has 0 saturated carbocycles. The Bertz CT molecular complexity index is 369. The topological polar surface area (TPSA) is 45.9 Å². The lowest BCUT2D eigenvalue weighted by molar-refractivity contribution is 0.344. The quantitative estimate of drug-likeness (QED) is 0.575. The van der Waals surface area contributed by atoms with Crippen molar-refractivity contribution in [3.63, 3.8) is 0 Å². The Morgan fingerprint density at radius 2 is 2.50 bits per heavy atom. The minimum atomic E-state index is -0.568. The first-order chi connectivity index (χ1) is 5.81. The number of aromatic nitrogens is 1. The van der Waals surface area contributed by atoms with Gasteiger partial charge in [0.05, 0.1) is 6.61 Å². The van der Waals surface area contributed by atoms with Crippen molar-refractivity contribution in [2.45, 2.75) is 6.42 Å². The second-order valence-electron chi connectivity index (χ2n) is 2.49. The Kier molecular flexibility index (Phi) is 1.44. The molecule has 0 amide bonds. The van der Waals surface area contributed by atoms with Crippen molar-refractivity contribution in [2.24, 2.45) is 0 Å². The van der Waals surface area contributed by atoms with Gasteiger partial charge in [-0.3, -0.25) is 0 Å². The van der Waals surface area contributed by atoms with Crippen molar-refractivity contribution in [2.75, 3.05) is 6.61 Å². The summed E-state index contributed by atoms with van der Waals surface area (Å²) in [4.78, 5) is 3.71. The lowest BCUT2D eigenvalue weighted by Gasteiger charge is -1.97. The number of nitrogens with zero attached hydrogens (tertiary/aromatic N) is 2. The van der Waals surface area contributed by atoms with E-state index < -0.39 is 5.82 Å². The predicted octanol–water partition coefficient (Wildman–Crippen LogP) is 1.03. The highest BCUT2D eigenvalue weighted by molar-refractivity contribution is 5.36. The summed E-state index contributed by atoms with van der Waals surface area (Å²) < 4.78 is 18.0. The van der Waals surface area contributed by atoms with Crippen LogP contribution in [0.3, 0.4) is 0 Å². The number of pyridine rings is 1. The van der Waals surface area contributed by atoms with E-state index in [4.69, 9.17) is 10.00 Å². The molecule has 60 valence electrons. The molecular weight excluding hydrogens is 159 g/mol. The average molecular weight is 164 g/mol. The molecule has 0 N–H and O–H groups in total. The predicted molar refractivity (Wildman–Crippen MR) is 38.1 cm³/mol. The first-order valence-electron chi connectivity index (χ1n) is 3.53. The minimum absolute atomic E-state index is 0.198. The molecule has 1 aromatic heterocycles. The monoisotopic (exact) mass is 164 g/mol. The fourth-order valence-electron chi connectivity index (χ4n) is 1.15. The summed E-state index contributed by atoms with van der Waals surface area (Å²) >= 11 is 0. The summed E-state index contributed by atoms with van der Waals surface area (Å²) in [5, 5.41) is 8.44. The van der Waals surface area contributed by atoms with Crippen LogP contribution in [0.5, 0.6) is 5.88 Å². The van der Waals surface area contributed by atoms with Crippen LogP contribution in [-0.4, -0.2) is 11.6 Å². The first-order valence-corrected chi connectivity index (χ1v) is 3.53. The van der Waals surface area contributed by atoms with E-state index in [-0.39, 0.29) is 5.69 Å². The summed E-state index contributed by atoms with van der Waals surface area (Å²) in [6.45, 7) is 0.524. The van der Waals surface area contributed by atoms with Crippen LogP contribution in [0.2, 0.25) is 0 Å². The average Bonchev–Trinajstić information content (AvgIpc) is 2.49. The Morgan fingerprint density at radius 1 is 1.67 bits per heavy atom. The van der Waals surface area contributed by atoms with Crippen molar-refractivity contribution < 1.29 is 9.13 Å². The highest BCUT2D eigenvalue weighted by Crippen LogP contribution is 2.23. The Balaban J connectivity index is 2.59. The van der Waals surface area contributed by atoms with Crippen LogP contribution in [0.15, 0.2) is 6.07 Å². The van der Waals surface area contributed by atoms with Crippen LogP contribution < -0.4 is 4.74 Å². The van der Waals surface area contributed by atoms with Gasteiger partial charge in [0.1, 0.15) is 6.07 Å². The molecule has 2 heterocycles. The lowest BCUT2D eigenvalue weighted by atomic mass is 10.2. The standard InChI is InChI=1S/C8H5FN2O/c9-6-3-5-1-2-12-8(5)11-7(6)4-10/h3H,1-2H2. The van der Waals surface area contributed by atoms with E-state index in [1.807, 2.05) is 0 Å². The fourth-order valence-corrected chi connectivity index (χ4v) is 1.15. The van der Waals surface area contributed by atoms with Gasteiger partial charge >= 0.3 is 0 Å². The van der Waals surface area contributed by atoms with Gasteiger partial charge in [0.2, 0.25) is 5.88 Å². The molecule has 0 fully saturated rings. The second kappa shape index (κ2) is 2.45. The number of hydrogen-bond donors (Lipinski definition) is 0. The molecule has 1 aliphatic heterocycles. The SMILES string of the molecule is N#Cc1nc2c(cc1F)CCO2. The number of nitriles is 1. The van der Waals surface area contributed by atoms with Gasteiger partial charge in [0, 0.05) is 12.0 Å². The van der Waals surface area contributed by atoms with Gasteiger partial charge in [-0.2, -0.15) is 10.2 Å². The molecule has 12 heavy (non-hydrogen) atoms. The van der Waals surface area contributed by atoms with Crippen LogP contribution >= 0.6 is 0 Å². The molecule has 0 radical (unpaired) electrons. The zero-order valence-electron chi connectivity index (χ0n) is 6.17. The molecule has 4 heteroatoms. The van der Waals surface area contributed by atoms with Gasteiger partial charge < -0.3 is 4.74 Å². The second-order valence-corrected chi connectivity index (χ2v) is 2.49. The Labute approximate surface area is 68.4 Å². The number of ether oxygens (including phenoxy) is 1. The summed E-state index contributed by atoms with van der Waals surface area (Å²) in [6, 6.07) is 2.97. The van der Waals surface area contributed by atoms with E-state index in [1.165, 1.54) is 6.07 Å². The van der Waals surface area contributed by atoms with Gasteiger partial charge in [-0.15, -0.1) is 0 Å². The van der Waals surface area contributed by atoms with E-state index in [1.54, 1.807) is 6.07 Å². The minimum Gasteiger partial charge on any atom is -0.477 e. The fraction of sp³-hybridized carbons (Fsp3) is 0.250. The van der Waals surface area contributed by atoms with Gasteiger partial charge in [0.15, 0.2) is 11.5 Å². The maximum absolute atomic E-state index is 12.9. The highest BCUT2D eigenvalue weighted by Gasteiger charge is 2.17. The summed E-state index contributed by atoms with van der Waals surface area (Å²) in [6.07, 6.45) is 0.672. The van der Waals surface area contributed by atoms with Crippen molar-refractivity contribution in [1.82, 2.24) is 4.98 Å². The maximum atomic E-state index is 12.9. The van der Waals surface area contributed by atoms with E-state index in [0.29, 0.717) is 18.9 Å². The largest absolute Gasteiger partial charge is 0.477 e. The van der Waals surface area contributed by atoms with Crippen LogP contribution in [0.4, 0.5) is 4.39 Å². The van der Waals surface area contributed by atoms with E-state index in [2.05, 4.69) is 4.98 Å². The summed E-state index contributed by atoms with van der Waals surface area (Å²) in [5.41, 5.74) is 0.544. The molecular formula is C8H5FN2O. The Morgan fingerprint density at radius 3 is 3.25 bits per heavy atom. The molecule has 0 aromatic carbocycles. The third kappa shape index (κ3) is 0.909. The molecule has 0 bridgehead atoms. The van der Waals surface area contributed by atoms with Gasteiger partial charge in [-0.1, -0.05) is 0 Å². The molecule has 0 unspecified atom stereocenters. The zero-order chi connectivity index (χ0) is 8.55. The molecule has 3 nitrogen and oxygen atoms in total. The van der Waals surface area contributed by atoms with Crippen molar-refractivity contribution in [3.05, 3.63) is 23.1 Å². The van der Waals surface area contributed by atoms with Crippen molar-refractivity contribution in [1.29, 1.82) is 5.26 Å². The smallest absolute Gasteiger partial charge is 0.218 e. The van der Waals surface area contributed by atoms with Crippen molar-refractivity contribution in [3.8, 4) is 11.9 Å². The molecule has 0 atom stereocenters.